The van der Waals surface area contributed by atoms with Crippen LogP contribution < -0.4 is 5.73 Å². The van der Waals surface area contributed by atoms with Gasteiger partial charge in [0.2, 0.25) is 0 Å². The van der Waals surface area contributed by atoms with Gasteiger partial charge in [0.05, 0.1) is 0 Å². The van der Waals surface area contributed by atoms with Crippen LogP contribution in [-0.4, -0.2) is 14.6 Å². The van der Waals surface area contributed by atoms with E-state index in [0.29, 0.717) is 5.82 Å². The number of rotatable bonds is 0. The van der Waals surface area contributed by atoms with Crippen LogP contribution in [0.4, 0.5) is 5.82 Å². The zero-order valence-electron chi connectivity index (χ0n) is 5.53. The summed E-state index contributed by atoms with van der Waals surface area (Å²) in [5.41, 5.74) is 6.40. The molecule has 2 aromatic rings. The van der Waals surface area contributed by atoms with Crippen LogP contribution in [0.1, 0.15) is 0 Å². The monoisotopic (exact) mass is 212 g/mol. The van der Waals surface area contributed by atoms with E-state index >= 15 is 0 Å². The highest BCUT2D eigenvalue weighted by Gasteiger charge is 2.00. The van der Waals surface area contributed by atoms with Gasteiger partial charge in [-0.25, -0.2) is 9.50 Å². The minimum absolute atomic E-state index is 0.491. The average Bonchev–Trinajstić information content (AvgIpc) is 2.31. The molecule has 2 aromatic heterocycles. The predicted octanol–water partition coefficient (Wildman–Crippen LogP) is 1.07. The minimum Gasteiger partial charge on any atom is -0.382 e. The fraction of sp³-hybridized carbons (Fsp3) is 0. The zero-order chi connectivity index (χ0) is 7.84. The molecule has 2 rings (SSSR count). The Balaban J connectivity index is 2.90. The Hall–Kier alpha value is -1.10. The molecule has 2 heterocycles. The summed E-state index contributed by atoms with van der Waals surface area (Å²) in [6.45, 7) is 0. The topological polar surface area (TPSA) is 56.2 Å². The first-order valence-corrected chi connectivity index (χ1v) is 3.82. The maximum Gasteiger partial charge on any atom is 0.149 e. The Morgan fingerprint density at radius 2 is 2.36 bits per heavy atom. The second-order valence-corrected chi connectivity index (χ2v) is 2.92. The number of hydrogen-bond acceptors (Lipinski definition) is 3. The largest absolute Gasteiger partial charge is 0.382 e. The highest BCUT2D eigenvalue weighted by atomic mass is 79.9. The molecule has 2 N–H and O–H groups in total. The first kappa shape index (κ1) is 6.60. The molecule has 0 atom stereocenters. The van der Waals surface area contributed by atoms with Gasteiger partial charge in [-0.3, -0.25) is 0 Å². The van der Waals surface area contributed by atoms with Gasteiger partial charge in [-0.1, -0.05) is 0 Å². The van der Waals surface area contributed by atoms with Crippen molar-refractivity contribution < 1.29 is 0 Å². The van der Waals surface area contributed by atoms with E-state index in [0.717, 1.165) is 10.1 Å². The van der Waals surface area contributed by atoms with Crippen LogP contribution in [0.2, 0.25) is 0 Å². The van der Waals surface area contributed by atoms with Gasteiger partial charge in [-0.15, -0.1) is 0 Å². The fourth-order valence-electron chi connectivity index (χ4n) is 0.912. The third kappa shape index (κ3) is 0.970. The molecule has 0 aliphatic heterocycles. The Morgan fingerprint density at radius 1 is 1.55 bits per heavy atom. The van der Waals surface area contributed by atoms with Crippen LogP contribution in [0.3, 0.4) is 0 Å². The number of anilines is 1. The molecule has 0 saturated heterocycles. The summed E-state index contributed by atoms with van der Waals surface area (Å²) in [4.78, 5) is 3.92. The van der Waals surface area contributed by atoms with Gasteiger partial charge in [0.15, 0.2) is 0 Å². The van der Waals surface area contributed by atoms with Crippen LogP contribution in [0.15, 0.2) is 23.1 Å². The lowest BCUT2D eigenvalue weighted by Crippen LogP contribution is -1.94. The maximum absolute atomic E-state index is 5.58. The molecule has 0 spiro atoms. The smallest absolute Gasteiger partial charge is 0.149 e. The Bertz CT molecular complexity index is 394. The van der Waals surface area contributed by atoms with Crippen molar-refractivity contribution in [3.05, 3.63) is 23.1 Å². The molecule has 56 valence electrons. The normalized spacial score (nSPS) is 10.6. The van der Waals surface area contributed by atoms with Crippen molar-refractivity contribution in [2.45, 2.75) is 0 Å². The number of aromatic nitrogens is 3. The first-order valence-electron chi connectivity index (χ1n) is 3.03. The van der Waals surface area contributed by atoms with Crippen LogP contribution in [0.25, 0.3) is 5.52 Å². The number of nitrogens with two attached hydrogens (primary N) is 1. The SMILES string of the molecule is Nc1nccn2nc(Br)cc12. The second kappa shape index (κ2) is 2.20. The fourth-order valence-corrected chi connectivity index (χ4v) is 1.30. The highest BCUT2D eigenvalue weighted by molar-refractivity contribution is 9.10. The van der Waals surface area contributed by atoms with Crippen molar-refractivity contribution in [3.8, 4) is 0 Å². The summed E-state index contributed by atoms with van der Waals surface area (Å²) >= 11 is 3.24. The highest BCUT2D eigenvalue weighted by Crippen LogP contribution is 2.14. The van der Waals surface area contributed by atoms with E-state index in [2.05, 4.69) is 26.0 Å². The van der Waals surface area contributed by atoms with Gasteiger partial charge >= 0.3 is 0 Å². The first-order chi connectivity index (χ1) is 5.27. The van der Waals surface area contributed by atoms with Gasteiger partial charge in [0, 0.05) is 18.5 Å². The van der Waals surface area contributed by atoms with Crippen molar-refractivity contribution in [1.29, 1.82) is 0 Å². The number of nitrogen functional groups attached to an aromatic ring is 1. The Labute approximate surface area is 71.2 Å². The van der Waals surface area contributed by atoms with Crippen molar-refractivity contribution in [2.75, 3.05) is 5.73 Å². The molecule has 0 aliphatic rings. The summed E-state index contributed by atoms with van der Waals surface area (Å²) in [5.74, 6) is 0.491. The molecule has 0 saturated carbocycles. The van der Waals surface area contributed by atoms with Gasteiger partial charge in [0.1, 0.15) is 15.9 Å². The number of hydrogen-bond donors (Lipinski definition) is 1. The van der Waals surface area contributed by atoms with Crippen LogP contribution in [-0.2, 0) is 0 Å². The molecule has 0 fully saturated rings. The molecule has 0 radical (unpaired) electrons. The predicted molar refractivity (Wildman–Crippen MR) is 45.1 cm³/mol. The standard InChI is InChI=1S/C6H5BrN4/c7-5-3-4-6(8)9-1-2-11(4)10-5/h1-3H,(H2,8,9). The third-order valence-corrected chi connectivity index (χ3v) is 1.78. The van der Waals surface area contributed by atoms with E-state index in [-0.39, 0.29) is 0 Å². The van der Waals surface area contributed by atoms with E-state index in [1.165, 1.54) is 0 Å². The number of fused-ring (bicyclic) bond motifs is 1. The molecule has 4 nitrogen and oxygen atoms in total. The molecule has 5 heteroatoms. The summed E-state index contributed by atoms with van der Waals surface area (Å²) in [6.07, 6.45) is 3.36. The van der Waals surface area contributed by atoms with Gasteiger partial charge in [-0.05, 0) is 15.9 Å². The maximum atomic E-state index is 5.58. The number of nitrogens with zero attached hydrogens (tertiary/aromatic N) is 3. The summed E-state index contributed by atoms with van der Waals surface area (Å²) < 4.78 is 2.43. The van der Waals surface area contributed by atoms with Gasteiger partial charge in [0.25, 0.3) is 0 Å². The van der Waals surface area contributed by atoms with Crippen LogP contribution >= 0.6 is 15.9 Å². The lowest BCUT2D eigenvalue weighted by atomic mass is 10.5. The van der Waals surface area contributed by atoms with Crippen LogP contribution in [0, 0.1) is 0 Å². The Morgan fingerprint density at radius 3 is 3.09 bits per heavy atom. The summed E-state index contributed by atoms with van der Waals surface area (Å²) in [7, 11) is 0. The molecule has 0 aromatic carbocycles. The van der Waals surface area contributed by atoms with Gasteiger partial charge in [-0.2, -0.15) is 5.10 Å². The molecule has 0 aliphatic carbocycles. The van der Waals surface area contributed by atoms with Crippen molar-refractivity contribution >= 4 is 27.3 Å². The van der Waals surface area contributed by atoms with Crippen molar-refractivity contribution in [2.24, 2.45) is 0 Å². The van der Waals surface area contributed by atoms with Crippen molar-refractivity contribution in [1.82, 2.24) is 14.6 Å². The van der Waals surface area contributed by atoms with E-state index in [9.17, 15) is 0 Å². The average molecular weight is 213 g/mol. The minimum atomic E-state index is 0.491. The van der Waals surface area contributed by atoms with E-state index < -0.39 is 0 Å². The molecule has 0 bridgehead atoms. The molecular formula is C6H5BrN4. The van der Waals surface area contributed by atoms with Crippen molar-refractivity contribution in [3.63, 3.8) is 0 Å². The molecular weight excluding hydrogens is 208 g/mol. The number of halogens is 1. The Kier molecular flexibility index (Phi) is 1.32. The summed E-state index contributed by atoms with van der Waals surface area (Å²) in [5, 5.41) is 4.09. The quantitative estimate of drug-likeness (QED) is 0.712. The van der Waals surface area contributed by atoms with Gasteiger partial charge < -0.3 is 5.73 Å². The van der Waals surface area contributed by atoms with Crippen LogP contribution in [0.5, 0.6) is 0 Å². The summed E-state index contributed by atoms with van der Waals surface area (Å²) in [6, 6.07) is 1.82. The van der Waals surface area contributed by atoms with E-state index in [4.69, 9.17) is 5.73 Å². The second-order valence-electron chi connectivity index (χ2n) is 2.11. The molecule has 11 heavy (non-hydrogen) atoms. The molecule has 0 amide bonds. The lowest BCUT2D eigenvalue weighted by Gasteiger charge is -1.93. The van der Waals surface area contributed by atoms with E-state index in [1.807, 2.05) is 6.07 Å². The lowest BCUT2D eigenvalue weighted by molar-refractivity contribution is 0.936. The van der Waals surface area contributed by atoms with E-state index in [1.54, 1.807) is 16.9 Å². The third-order valence-electron chi connectivity index (χ3n) is 1.39. The zero-order valence-corrected chi connectivity index (χ0v) is 7.12. The molecule has 0 unspecified atom stereocenters.